The second-order valence-electron chi connectivity index (χ2n) is 3.40. The maximum absolute atomic E-state index is 6.05. The highest BCUT2D eigenvalue weighted by Gasteiger charge is 1.98. The number of halogens is 1. The fraction of sp³-hybridized carbons (Fsp3) is 0.333. The summed E-state index contributed by atoms with van der Waals surface area (Å²) in [6, 6.07) is 7.94. The van der Waals surface area contributed by atoms with Crippen molar-refractivity contribution < 1.29 is 0 Å². The van der Waals surface area contributed by atoms with E-state index in [4.69, 9.17) is 17.3 Å². The van der Waals surface area contributed by atoms with Crippen molar-refractivity contribution in [3.8, 4) is 0 Å². The first-order valence-electron chi connectivity index (χ1n) is 4.83. The minimum atomic E-state index is 0.708. The minimum Gasteiger partial charge on any atom is -0.330 e. The Morgan fingerprint density at radius 2 is 2.14 bits per heavy atom. The zero-order valence-corrected chi connectivity index (χ0v) is 9.22. The Hall–Kier alpha value is -0.790. The quantitative estimate of drug-likeness (QED) is 0.758. The number of nitrogens with two attached hydrogens (primary N) is 1. The Labute approximate surface area is 90.6 Å². The predicted octanol–water partition coefficient (Wildman–Crippen LogP) is 3.18. The van der Waals surface area contributed by atoms with Crippen LogP contribution in [0.1, 0.15) is 18.9 Å². The summed E-state index contributed by atoms with van der Waals surface area (Å²) in [6.07, 6.45) is 4.03. The normalized spacial score (nSPS) is 11.8. The molecule has 1 nitrogen and oxygen atoms in total. The van der Waals surface area contributed by atoms with Crippen molar-refractivity contribution in [2.75, 3.05) is 6.54 Å². The highest BCUT2D eigenvalue weighted by Crippen LogP contribution is 2.18. The van der Waals surface area contributed by atoms with Crippen LogP contribution in [0.25, 0.3) is 0 Å². The van der Waals surface area contributed by atoms with Gasteiger partial charge in [0.15, 0.2) is 0 Å². The molecule has 0 spiro atoms. The molecule has 1 aromatic carbocycles. The zero-order chi connectivity index (χ0) is 10.4. The molecule has 0 saturated carbocycles. The van der Waals surface area contributed by atoms with Gasteiger partial charge in [0.1, 0.15) is 0 Å². The van der Waals surface area contributed by atoms with E-state index in [2.05, 4.69) is 19.1 Å². The third-order valence-electron chi connectivity index (χ3n) is 2.09. The Morgan fingerprint density at radius 1 is 1.43 bits per heavy atom. The monoisotopic (exact) mass is 209 g/mol. The predicted molar refractivity (Wildman–Crippen MR) is 62.6 cm³/mol. The van der Waals surface area contributed by atoms with Gasteiger partial charge in [-0.25, -0.2) is 0 Å². The molecule has 14 heavy (non-hydrogen) atoms. The van der Waals surface area contributed by atoms with Crippen LogP contribution in [0.4, 0.5) is 0 Å². The third-order valence-corrected chi connectivity index (χ3v) is 2.46. The molecule has 0 saturated heterocycles. The number of benzene rings is 1. The van der Waals surface area contributed by atoms with E-state index in [-0.39, 0.29) is 0 Å². The molecule has 0 amide bonds. The van der Waals surface area contributed by atoms with E-state index in [1.54, 1.807) is 0 Å². The molecular formula is C12H16ClN. The Bertz CT molecular complexity index is 318. The first kappa shape index (κ1) is 11.3. The SMILES string of the molecule is CC(=CCCN)Cc1ccccc1Cl. The lowest BCUT2D eigenvalue weighted by atomic mass is 10.1. The molecule has 0 unspecified atom stereocenters. The van der Waals surface area contributed by atoms with Crippen LogP contribution in [0.2, 0.25) is 5.02 Å². The molecular weight excluding hydrogens is 194 g/mol. The third kappa shape index (κ3) is 3.52. The molecule has 2 heteroatoms. The van der Waals surface area contributed by atoms with Gasteiger partial charge in [-0.05, 0) is 37.9 Å². The summed E-state index contributed by atoms with van der Waals surface area (Å²) in [5.74, 6) is 0. The molecule has 0 radical (unpaired) electrons. The summed E-state index contributed by atoms with van der Waals surface area (Å²) in [6.45, 7) is 2.82. The molecule has 76 valence electrons. The van der Waals surface area contributed by atoms with Gasteiger partial charge in [0.2, 0.25) is 0 Å². The largest absolute Gasteiger partial charge is 0.330 e. The van der Waals surface area contributed by atoms with E-state index in [1.807, 2.05) is 18.2 Å². The number of hydrogen-bond donors (Lipinski definition) is 1. The van der Waals surface area contributed by atoms with Crippen LogP contribution in [0.15, 0.2) is 35.9 Å². The van der Waals surface area contributed by atoms with E-state index in [1.165, 1.54) is 11.1 Å². The van der Waals surface area contributed by atoms with Crippen LogP contribution < -0.4 is 5.73 Å². The topological polar surface area (TPSA) is 26.0 Å². The van der Waals surface area contributed by atoms with Crippen LogP contribution >= 0.6 is 11.6 Å². The maximum atomic E-state index is 6.05. The minimum absolute atomic E-state index is 0.708. The number of hydrogen-bond acceptors (Lipinski definition) is 1. The highest BCUT2D eigenvalue weighted by atomic mass is 35.5. The van der Waals surface area contributed by atoms with Crippen molar-refractivity contribution in [2.24, 2.45) is 5.73 Å². The van der Waals surface area contributed by atoms with Gasteiger partial charge in [-0.1, -0.05) is 41.4 Å². The summed E-state index contributed by atoms with van der Waals surface area (Å²) in [7, 11) is 0. The van der Waals surface area contributed by atoms with Crippen LogP contribution in [0, 0.1) is 0 Å². The van der Waals surface area contributed by atoms with Crippen LogP contribution in [-0.4, -0.2) is 6.54 Å². The maximum Gasteiger partial charge on any atom is 0.0441 e. The molecule has 0 bridgehead atoms. The smallest absolute Gasteiger partial charge is 0.0441 e. The first-order chi connectivity index (χ1) is 6.74. The van der Waals surface area contributed by atoms with Crippen LogP contribution in [0.3, 0.4) is 0 Å². The second-order valence-corrected chi connectivity index (χ2v) is 3.80. The molecule has 0 aliphatic carbocycles. The van der Waals surface area contributed by atoms with E-state index >= 15 is 0 Å². The summed E-state index contributed by atoms with van der Waals surface area (Å²) >= 11 is 6.05. The number of rotatable bonds is 4. The lowest BCUT2D eigenvalue weighted by Gasteiger charge is -2.04. The van der Waals surface area contributed by atoms with Gasteiger partial charge in [0.05, 0.1) is 0 Å². The standard InChI is InChI=1S/C12H16ClN/c1-10(5-4-8-14)9-11-6-2-3-7-12(11)13/h2-3,5-7H,4,8-9,14H2,1H3. The molecule has 0 aromatic heterocycles. The van der Waals surface area contributed by atoms with Crippen LogP contribution in [-0.2, 0) is 6.42 Å². The van der Waals surface area contributed by atoms with Crippen molar-refractivity contribution in [3.05, 3.63) is 46.5 Å². The average Bonchev–Trinajstić information content (AvgIpc) is 2.18. The average molecular weight is 210 g/mol. The summed E-state index contributed by atoms with van der Waals surface area (Å²) in [5, 5.41) is 0.841. The van der Waals surface area contributed by atoms with Gasteiger partial charge < -0.3 is 5.73 Å². The summed E-state index contributed by atoms with van der Waals surface area (Å²) < 4.78 is 0. The summed E-state index contributed by atoms with van der Waals surface area (Å²) in [5.41, 5.74) is 7.93. The van der Waals surface area contributed by atoms with Crippen LogP contribution in [0.5, 0.6) is 0 Å². The summed E-state index contributed by atoms with van der Waals surface area (Å²) in [4.78, 5) is 0. The molecule has 1 aromatic rings. The number of allylic oxidation sites excluding steroid dienone is 1. The molecule has 0 heterocycles. The van der Waals surface area contributed by atoms with Gasteiger partial charge in [0, 0.05) is 5.02 Å². The molecule has 0 aliphatic rings. The van der Waals surface area contributed by atoms with E-state index in [9.17, 15) is 0 Å². The van der Waals surface area contributed by atoms with E-state index < -0.39 is 0 Å². The fourth-order valence-corrected chi connectivity index (χ4v) is 1.55. The lowest BCUT2D eigenvalue weighted by Crippen LogP contribution is -1.97. The van der Waals surface area contributed by atoms with Crippen molar-refractivity contribution in [3.63, 3.8) is 0 Å². The van der Waals surface area contributed by atoms with Crippen molar-refractivity contribution in [1.29, 1.82) is 0 Å². The fourth-order valence-electron chi connectivity index (χ4n) is 1.34. The highest BCUT2D eigenvalue weighted by molar-refractivity contribution is 6.31. The Balaban J connectivity index is 2.64. The first-order valence-corrected chi connectivity index (χ1v) is 5.21. The Kier molecular flexibility index (Phi) is 4.71. The van der Waals surface area contributed by atoms with Gasteiger partial charge in [0.25, 0.3) is 0 Å². The van der Waals surface area contributed by atoms with Crippen molar-refractivity contribution in [1.82, 2.24) is 0 Å². The molecule has 0 atom stereocenters. The van der Waals surface area contributed by atoms with E-state index in [0.717, 1.165) is 17.9 Å². The van der Waals surface area contributed by atoms with Gasteiger partial charge >= 0.3 is 0 Å². The van der Waals surface area contributed by atoms with Gasteiger partial charge in [-0.3, -0.25) is 0 Å². The molecule has 0 fully saturated rings. The Morgan fingerprint density at radius 3 is 2.79 bits per heavy atom. The lowest BCUT2D eigenvalue weighted by molar-refractivity contribution is 0.981. The molecule has 0 aliphatic heterocycles. The second kappa shape index (κ2) is 5.84. The van der Waals surface area contributed by atoms with E-state index in [0.29, 0.717) is 6.54 Å². The zero-order valence-electron chi connectivity index (χ0n) is 8.46. The van der Waals surface area contributed by atoms with Gasteiger partial charge in [-0.15, -0.1) is 0 Å². The van der Waals surface area contributed by atoms with Gasteiger partial charge in [-0.2, -0.15) is 0 Å². The van der Waals surface area contributed by atoms with Crippen molar-refractivity contribution >= 4 is 11.6 Å². The van der Waals surface area contributed by atoms with Crippen molar-refractivity contribution in [2.45, 2.75) is 19.8 Å². The molecule has 1 rings (SSSR count). The molecule has 2 N–H and O–H groups in total.